The number of nitrogens with zero attached hydrogens (tertiary/aromatic N) is 2. The summed E-state index contributed by atoms with van der Waals surface area (Å²) in [5.41, 5.74) is 2.99. The highest BCUT2D eigenvalue weighted by molar-refractivity contribution is 5.74. The number of anilines is 2. The molecule has 0 atom stereocenters. The number of para-hydroxylation sites is 1. The van der Waals surface area contributed by atoms with Crippen molar-refractivity contribution in [3.05, 3.63) is 72.7 Å². The average molecular weight is 376 g/mol. The largest absolute Gasteiger partial charge is 0.496 e. The molecule has 0 radical (unpaired) electrons. The highest BCUT2D eigenvalue weighted by Gasteiger charge is 2.24. The van der Waals surface area contributed by atoms with Gasteiger partial charge in [-0.25, -0.2) is 9.37 Å². The Morgan fingerprint density at radius 2 is 1.75 bits per heavy atom. The minimum absolute atomic E-state index is 0.303. The lowest BCUT2D eigenvalue weighted by atomic mass is 9.93. The van der Waals surface area contributed by atoms with Crippen LogP contribution in [0.25, 0.3) is 11.1 Å². The predicted molar refractivity (Wildman–Crippen MR) is 112 cm³/mol. The fourth-order valence-corrected chi connectivity index (χ4v) is 4.08. The van der Waals surface area contributed by atoms with E-state index in [4.69, 9.17) is 9.72 Å². The van der Waals surface area contributed by atoms with Crippen LogP contribution in [0.4, 0.5) is 15.9 Å². The zero-order valence-electron chi connectivity index (χ0n) is 16.1. The topological polar surface area (TPSA) is 25.4 Å². The van der Waals surface area contributed by atoms with Crippen LogP contribution >= 0.6 is 0 Å². The molecule has 3 nitrogen and oxygen atoms in total. The molecule has 1 aromatic heterocycles. The van der Waals surface area contributed by atoms with E-state index in [2.05, 4.69) is 35.2 Å². The predicted octanol–water partition coefficient (Wildman–Crippen LogP) is 6.37. The Morgan fingerprint density at radius 3 is 2.50 bits per heavy atom. The fraction of sp³-hybridized carbons (Fsp3) is 0.292. The Hall–Kier alpha value is -2.88. The summed E-state index contributed by atoms with van der Waals surface area (Å²) in [6.45, 7) is 0. The average Bonchev–Trinajstić information content (AvgIpc) is 2.75. The molecule has 4 rings (SSSR count). The third kappa shape index (κ3) is 3.86. The fourth-order valence-electron chi connectivity index (χ4n) is 4.08. The molecule has 0 amide bonds. The van der Waals surface area contributed by atoms with Crippen LogP contribution in [0.5, 0.6) is 5.75 Å². The first-order valence-electron chi connectivity index (χ1n) is 9.90. The van der Waals surface area contributed by atoms with Gasteiger partial charge in [-0.1, -0.05) is 37.5 Å². The van der Waals surface area contributed by atoms with E-state index in [9.17, 15) is 4.39 Å². The van der Waals surface area contributed by atoms with Gasteiger partial charge in [0.25, 0.3) is 0 Å². The molecule has 0 bridgehead atoms. The Kier molecular flexibility index (Phi) is 5.56. The van der Waals surface area contributed by atoms with Crippen molar-refractivity contribution in [3.63, 3.8) is 0 Å². The van der Waals surface area contributed by atoms with Gasteiger partial charge in [0.1, 0.15) is 17.4 Å². The van der Waals surface area contributed by atoms with E-state index in [1.807, 2.05) is 18.3 Å². The van der Waals surface area contributed by atoms with Crippen molar-refractivity contribution in [2.24, 2.45) is 0 Å². The van der Waals surface area contributed by atoms with Crippen LogP contribution in [0.3, 0.4) is 0 Å². The van der Waals surface area contributed by atoms with Crippen LogP contribution in [-0.4, -0.2) is 18.1 Å². The maximum absolute atomic E-state index is 13.6. The van der Waals surface area contributed by atoms with Crippen LogP contribution in [0, 0.1) is 5.82 Å². The lowest BCUT2D eigenvalue weighted by Gasteiger charge is -2.35. The molecular weight excluding hydrogens is 351 g/mol. The zero-order chi connectivity index (χ0) is 19.3. The molecule has 1 fully saturated rings. The molecule has 3 aromatic rings. The molecule has 1 heterocycles. The summed E-state index contributed by atoms with van der Waals surface area (Å²) in [6, 6.07) is 19.6. The molecule has 4 heteroatoms. The van der Waals surface area contributed by atoms with Gasteiger partial charge in [-0.2, -0.15) is 0 Å². The van der Waals surface area contributed by atoms with Gasteiger partial charge in [0.05, 0.1) is 7.11 Å². The van der Waals surface area contributed by atoms with Gasteiger partial charge < -0.3 is 9.64 Å². The number of rotatable bonds is 5. The molecule has 0 unspecified atom stereocenters. The first-order chi connectivity index (χ1) is 13.8. The number of pyridine rings is 1. The van der Waals surface area contributed by atoms with Gasteiger partial charge >= 0.3 is 0 Å². The highest BCUT2D eigenvalue weighted by Crippen LogP contribution is 2.36. The number of hydrogen-bond acceptors (Lipinski definition) is 3. The van der Waals surface area contributed by atoms with Crippen molar-refractivity contribution >= 4 is 11.5 Å². The molecule has 0 saturated heterocycles. The van der Waals surface area contributed by atoms with Crippen LogP contribution in [-0.2, 0) is 0 Å². The Bertz CT molecular complexity index is 923. The maximum Gasteiger partial charge on any atom is 0.133 e. The second-order valence-corrected chi connectivity index (χ2v) is 7.24. The van der Waals surface area contributed by atoms with Crippen molar-refractivity contribution in [1.29, 1.82) is 0 Å². The number of benzene rings is 2. The van der Waals surface area contributed by atoms with Gasteiger partial charge in [0.2, 0.25) is 0 Å². The van der Waals surface area contributed by atoms with Crippen molar-refractivity contribution < 1.29 is 9.13 Å². The van der Waals surface area contributed by atoms with Crippen molar-refractivity contribution in [2.75, 3.05) is 12.0 Å². The van der Waals surface area contributed by atoms with Crippen LogP contribution in [0.15, 0.2) is 66.9 Å². The first-order valence-corrected chi connectivity index (χ1v) is 9.90. The van der Waals surface area contributed by atoms with E-state index in [-0.39, 0.29) is 5.82 Å². The summed E-state index contributed by atoms with van der Waals surface area (Å²) >= 11 is 0. The normalized spacial score (nSPS) is 14.6. The van der Waals surface area contributed by atoms with E-state index in [1.54, 1.807) is 13.2 Å². The summed E-state index contributed by atoms with van der Waals surface area (Å²) in [7, 11) is 1.57. The molecule has 1 aliphatic carbocycles. The van der Waals surface area contributed by atoms with E-state index >= 15 is 0 Å². The Balaban J connectivity index is 1.77. The van der Waals surface area contributed by atoms with Gasteiger partial charge in [-0.3, -0.25) is 0 Å². The quantitative estimate of drug-likeness (QED) is 0.517. The number of ether oxygens (including phenoxy) is 1. The van der Waals surface area contributed by atoms with Crippen LogP contribution in [0.1, 0.15) is 32.1 Å². The van der Waals surface area contributed by atoms with Crippen molar-refractivity contribution in [2.45, 2.75) is 38.1 Å². The summed E-state index contributed by atoms with van der Waals surface area (Å²) in [5, 5.41) is 0. The smallest absolute Gasteiger partial charge is 0.133 e. The lowest BCUT2D eigenvalue weighted by Crippen LogP contribution is -2.33. The number of hydrogen-bond donors (Lipinski definition) is 0. The molecule has 28 heavy (non-hydrogen) atoms. The monoisotopic (exact) mass is 376 g/mol. The molecule has 0 aliphatic heterocycles. The second-order valence-electron chi connectivity index (χ2n) is 7.24. The maximum atomic E-state index is 13.6. The molecule has 2 aromatic carbocycles. The lowest BCUT2D eigenvalue weighted by molar-refractivity contribution is 0.413. The minimum atomic E-state index is -0.303. The van der Waals surface area contributed by atoms with E-state index in [0.717, 1.165) is 22.6 Å². The van der Waals surface area contributed by atoms with E-state index in [1.165, 1.54) is 44.2 Å². The van der Waals surface area contributed by atoms with Gasteiger partial charge in [-0.15, -0.1) is 0 Å². The molecule has 144 valence electrons. The number of halogens is 1. The number of aromatic nitrogens is 1. The van der Waals surface area contributed by atoms with Crippen molar-refractivity contribution in [3.8, 4) is 16.9 Å². The molecule has 1 aliphatic rings. The Labute approximate surface area is 165 Å². The molecule has 0 N–H and O–H groups in total. The van der Waals surface area contributed by atoms with Gasteiger partial charge in [-0.05, 0) is 54.8 Å². The van der Waals surface area contributed by atoms with Crippen LogP contribution in [0.2, 0.25) is 0 Å². The second kappa shape index (κ2) is 8.42. The zero-order valence-corrected chi connectivity index (χ0v) is 16.1. The third-order valence-electron chi connectivity index (χ3n) is 5.44. The highest BCUT2D eigenvalue weighted by atomic mass is 19.1. The summed E-state index contributed by atoms with van der Waals surface area (Å²) in [5.74, 6) is 1.14. The van der Waals surface area contributed by atoms with Crippen LogP contribution < -0.4 is 9.64 Å². The third-order valence-corrected chi connectivity index (χ3v) is 5.44. The SMILES string of the molecule is COc1cc(F)ccc1-c1ccnc(N(c2ccccc2)C2CCCCC2)c1. The molecule has 1 saturated carbocycles. The first kappa shape index (κ1) is 18.5. The van der Waals surface area contributed by atoms with E-state index in [0.29, 0.717) is 11.8 Å². The summed E-state index contributed by atoms with van der Waals surface area (Å²) in [6.07, 6.45) is 7.96. The molecule has 0 spiro atoms. The summed E-state index contributed by atoms with van der Waals surface area (Å²) < 4.78 is 19.0. The van der Waals surface area contributed by atoms with Gasteiger partial charge in [0, 0.05) is 29.6 Å². The standard InChI is InChI=1S/C24H25FN2O/c1-28-23-17-19(25)12-13-22(23)18-14-15-26-24(16-18)27(20-8-4-2-5-9-20)21-10-6-3-7-11-21/h2,4-5,8-9,12-17,21H,3,6-7,10-11H2,1H3. The summed E-state index contributed by atoms with van der Waals surface area (Å²) in [4.78, 5) is 7.06. The van der Waals surface area contributed by atoms with E-state index < -0.39 is 0 Å². The minimum Gasteiger partial charge on any atom is -0.496 e. The molecular formula is C24H25FN2O. The van der Waals surface area contributed by atoms with Crippen molar-refractivity contribution in [1.82, 2.24) is 4.98 Å². The van der Waals surface area contributed by atoms with Gasteiger partial charge in [0.15, 0.2) is 0 Å². The number of methoxy groups -OCH3 is 1. The Morgan fingerprint density at radius 1 is 0.964 bits per heavy atom.